The Bertz CT molecular complexity index is 1100. The van der Waals surface area contributed by atoms with Crippen LogP contribution in [-0.4, -0.2) is 20.9 Å². The molecule has 0 bridgehead atoms. The average Bonchev–Trinajstić information content (AvgIpc) is 2.79. The quantitative estimate of drug-likeness (QED) is 0.426. The first-order chi connectivity index (χ1) is 14.9. The summed E-state index contributed by atoms with van der Waals surface area (Å²) in [5, 5.41) is 0.537. The van der Waals surface area contributed by atoms with Gasteiger partial charge in [-0.2, -0.15) is 4.31 Å². The lowest BCUT2D eigenvalue weighted by atomic mass is 10.1. The van der Waals surface area contributed by atoms with Gasteiger partial charge in [0.2, 0.25) is 0 Å². The van der Waals surface area contributed by atoms with Crippen LogP contribution in [0, 0.1) is 0 Å². The number of hydrogen-bond acceptors (Lipinski definition) is 4. The molecule has 0 saturated carbocycles. The Kier molecular flexibility index (Phi) is 7.71. The Morgan fingerprint density at radius 2 is 1.58 bits per heavy atom. The molecule has 0 spiro atoms. The van der Waals surface area contributed by atoms with Gasteiger partial charge in [-0.15, -0.1) is 0 Å². The summed E-state index contributed by atoms with van der Waals surface area (Å²) in [5.41, 5.74) is 1.36. The molecule has 0 unspecified atom stereocenters. The van der Waals surface area contributed by atoms with Crippen molar-refractivity contribution in [3.8, 4) is 5.75 Å². The minimum Gasteiger partial charge on any atom is -0.484 e. The van der Waals surface area contributed by atoms with E-state index in [1.165, 1.54) is 12.1 Å². The number of amides is 1. The van der Waals surface area contributed by atoms with Crippen molar-refractivity contribution in [3.05, 3.63) is 89.4 Å². The lowest BCUT2D eigenvalue weighted by Crippen LogP contribution is -2.40. The summed E-state index contributed by atoms with van der Waals surface area (Å²) in [4.78, 5) is 13.1. The lowest BCUT2D eigenvalue weighted by Gasteiger charge is -2.23. The molecule has 0 aromatic heterocycles. The van der Waals surface area contributed by atoms with E-state index in [0.29, 0.717) is 10.8 Å². The molecule has 0 saturated heterocycles. The minimum absolute atomic E-state index is 0.0323. The largest absolute Gasteiger partial charge is 0.484 e. The summed E-state index contributed by atoms with van der Waals surface area (Å²) in [7, 11) is -4.11. The van der Waals surface area contributed by atoms with Crippen molar-refractivity contribution in [3.63, 3.8) is 0 Å². The van der Waals surface area contributed by atoms with E-state index in [-0.39, 0.29) is 10.6 Å². The number of unbranched alkanes of at least 4 members (excludes halogenated alkanes) is 1. The molecule has 0 fully saturated rings. The van der Waals surface area contributed by atoms with E-state index in [1.807, 2.05) is 12.1 Å². The molecular weight excluding hydrogens is 434 g/mol. The van der Waals surface area contributed by atoms with Gasteiger partial charge in [-0.1, -0.05) is 55.3 Å². The van der Waals surface area contributed by atoms with E-state index in [0.717, 1.165) is 29.1 Å². The Labute approximate surface area is 188 Å². The van der Waals surface area contributed by atoms with Crippen molar-refractivity contribution < 1.29 is 17.9 Å². The van der Waals surface area contributed by atoms with Crippen molar-refractivity contribution in [1.82, 2.24) is 0 Å². The first-order valence-corrected chi connectivity index (χ1v) is 11.8. The fraction of sp³-hybridized carbons (Fsp3) is 0.208. The van der Waals surface area contributed by atoms with Gasteiger partial charge in [0.25, 0.3) is 15.9 Å². The number of carbonyl (C=O) groups excluding carboxylic acids is 1. The molecule has 1 amide bonds. The van der Waals surface area contributed by atoms with Crippen molar-refractivity contribution in [1.29, 1.82) is 0 Å². The predicted molar refractivity (Wildman–Crippen MR) is 123 cm³/mol. The number of aryl methyl sites for hydroxylation is 1. The van der Waals surface area contributed by atoms with Crippen molar-refractivity contribution in [2.45, 2.75) is 31.1 Å². The maximum Gasteiger partial charge on any atom is 0.278 e. The molecule has 162 valence electrons. The van der Waals surface area contributed by atoms with Crippen LogP contribution in [0.15, 0.2) is 83.8 Å². The normalized spacial score (nSPS) is 11.2. The van der Waals surface area contributed by atoms with E-state index in [9.17, 15) is 13.2 Å². The fourth-order valence-electron chi connectivity index (χ4n) is 3.03. The van der Waals surface area contributed by atoms with E-state index < -0.39 is 22.5 Å². The van der Waals surface area contributed by atoms with Crippen LogP contribution in [0.3, 0.4) is 0 Å². The zero-order valence-corrected chi connectivity index (χ0v) is 18.8. The third-order valence-electron chi connectivity index (χ3n) is 4.67. The molecule has 0 aliphatic heterocycles. The van der Waals surface area contributed by atoms with Crippen molar-refractivity contribution >= 4 is 33.2 Å². The number of rotatable bonds is 9. The number of sulfonamides is 1. The van der Waals surface area contributed by atoms with Crippen LogP contribution in [0.4, 0.5) is 5.69 Å². The van der Waals surface area contributed by atoms with Gasteiger partial charge in [-0.3, -0.25) is 4.79 Å². The molecule has 7 heteroatoms. The first kappa shape index (κ1) is 22.8. The van der Waals surface area contributed by atoms with Gasteiger partial charge in [-0.05, 0) is 66.9 Å². The van der Waals surface area contributed by atoms with E-state index in [4.69, 9.17) is 16.3 Å². The Balaban J connectivity index is 1.90. The van der Waals surface area contributed by atoms with Gasteiger partial charge in [0.05, 0.1) is 10.6 Å². The van der Waals surface area contributed by atoms with Crippen LogP contribution in [0.5, 0.6) is 5.75 Å². The second-order valence-electron chi connectivity index (χ2n) is 6.99. The smallest absolute Gasteiger partial charge is 0.278 e. The molecule has 0 atom stereocenters. The number of carbonyl (C=O) groups is 1. The van der Waals surface area contributed by atoms with E-state index in [2.05, 4.69) is 6.92 Å². The Morgan fingerprint density at radius 3 is 2.19 bits per heavy atom. The minimum atomic E-state index is -4.11. The molecular formula is C24H24ClNO4S. The van der Waals surface area contributed by atoms with Gasteiger partial charge in [0.1, 0.15) is 5.75 Å². The third kappa shape index (κ3) is 5.87. The van der Waals surface area contributed by atoms with Gasteiger partial charge in [0.15, 0.2) is 6.61 Å². The maximum absolute atomic E-state index is 13.3. The van der Waals surface area contributed by atoms with Crippen LogP contribution in [-0.2, 0) is 21.2 Å². The summed E-state index contributed by atoms with van der Waals surface area (Å²) >= 11 is 5.87. The molecule has 0 aliphatic carbocycles. The second kappa shape index (κ2) is 10.5. The van der Waals surface area contributed by atoms with Gasteiger partial charge in [-0.25, -0.2) is 8.42 Å². The van der Waals surface area contributed by atoms with E-state index >= 15 is 0 Å². The lowest BCUT2D eigenvalue weighted by molar-refractivity contribution is -0.119. The Hall–Kier alpha value is -2.83. The second-order valence-corrected chi connectivity index (χ2v) is 9.21. The molecule has 0 heterocycles. The molecule has 5 nitrogen and oxygen atoms in total. The standard InChI is InChI=1S/C24H24ClNO4S/c1-2-3-7-19-10-14-21(15-11-19)26(31(28,29)23-8-5-4-6-9-23)24(27)18-30-22-16-12-20(25)13-17-22/h4-6,8-17H,2-3,7,18H2,1H3. The summed E-state index contributed by atoms with van der Waals surface area (Å²) in [6.07, 6.45) is 3.01. The zero-order chi connectivity index (χ0) is 22.3. The number of anilines is 1. The van der Waals surface area contributed by atoms with Crippen LogP contribution in [0.25, 0.3) is 0 Å². The first-order valence-electron chi connectivity index (χ1n) is 10.0. The topological polar surface area (TPSA) is 63.7 Å². The van der Waals surface area contributed by atoms with Crippen molar-refractivity contribution in [2.75, 3.05) is 10.9 Å². The number of halogens is 1. The zero-order valence-electron chi connectivity index (χ0n) is 17.2. The summed E-state index contributed by atoms with van der Waals surface area (Å²) in [5.74, 6) is -0.273. The van der Waals surface area contributed by atoms with Gasteiger partial charge < -0.3 is 4.74 Å². The van der Waals surface area contributed by atoms with Crippen LogP contribution in [0.1, 0.15) is 25.3 Å². The third-order valence-corrected chi connectivity index (χ3v) is 6.69. The number of nitrogens with zero attached hydrogens (tertiary/aromatic N) is 1. The molecule has 3 aromatic carbocycles. The van der Waals surface area contributed by atoms with Crippen LogP contribution in [0.2, 0.25) is 5.02 Å². The number of benzene rings is 3. The molecule has 0 N–H and O–H groups in total. The Morgan fingerprint density at radius 1 is 0.935 bits per heavy atom. The monoisotopic (exact) mass is 457 g/mol. The van der Waals surface area contributed by atoms with Crippen LogP contribution < -0.4 is 9.04 Å². The highest BCUT2D eigenvalue weighted by Crippen LogP contribution is 2.25. The molecule has 0 aliphatic rings. The SMILES string of the molecule is CCCCc1ccc(N(C(=O)COc2ccc(Cl)cc2)S(=O)(=O)c2ccccc2)cc1. The molecule has 0 radical (unpaired) electrons. The predicted octanol–water partition coefficient (Wildman–Crippen LogP) is 5.48. The highest BCUT2D eigenvalue weighted by Gasteiger charge is 2.31. The van der Waals surface area contributed by atoms with Gasteiger partial charge in [0, 0.05) is 5.02 Å². The van der Waals surface area contributed by atoms with Gasteiger partial charge >= 0.3 is 0 Å². The number of hydrogen-bond donors (Lipinski definition) is 0. The molecule has 3 aromatic rings. The summed E-state index contributed by atoms with van der Waals surface area (Å²) in [6, 6.07) is 21.4. The van der Waals surface area contributed by atoms with Crippen LogP contribution >= 0.6 is 11.6 Å². The molecule has 31 heavy (non-hydrogen) atoms. The average molecular weight is 458 g/mol. The number of ether oxygens (including phenoxy) is 1. The fourth-order valence-corrected chi connectivity index (χ4v) is 4.59. The molecule has 3 rings (SSSR count). The van der Waals surface area contributed by atoms with Crippen molar-refractivity contribution in [2.24, 2.45) is 0 Å². The maximum atomic E-state index is 13.3. The summed E-state index contributed by atoms with van der Waals surface area (Å²) in [6.45, 7) is 1.67. The summed E-state index contributed by atoms with van der Waals surface area (Å²) < 4.78 is 33.0. The highest BCUT2D eigenvalue weighted by atomic mass is 35.5. The van der Waals surface area contributed by atoms with E-state index in [1.54, 1.807) is 54.6 Å². The highest BCUT2D eigenvalue weighted by molar-refractivity contribution is 7.93.